The van der Waals surface area contributed by atoms with Gasteiger partial charge < -0.3 is 10.1 Å². The molecule has 0 atom stereocenters. The molecule has 0 aliphatic rings. The zero-order valence-corrected chi connectivity index (χ0v) is 14.6. The van der Waals surface area contributed by atoms with E-state index in [2.05, 4.69) is 10.4 Å². The molecule has 0 bridgehead atoms. The normalized spacial score (nSPS) is 10.8. The number of benzene rings is 1. The van der Waals surface area contributed by atoms with Gasteiger partial charge in [-0.05, 0) is 17.5 Å². The highest BCUT2D eigenvalue weighted by molar-refractivity contribution is 6.34. The van der Waals surface area contributed by atoms with Crippen molar-refractivity contribution < 1.29 is 13.9 Å². The van der Waals surface area contributed by atoms with E-state index in [-0.39, 0.29) is 12.5 Å². The fourth-order valence-corrected chi connectivity index (χ4v) is 2.67. The van der Waals surface area contributed by atoms with Crippen LogP contribution < -0.4 is 5.32 Å². The molecule has 0 aliphatic carbocycles. The Morgan fingerprint density at radius 3 is 2.58 bits per heavy atom. The summed E-state index contributed by atoms with van der Waals surface area (Å²) in [4.78, 5) is 12.3. The quantitative estimate of drug-likeness (QED) is 0.743. The molecular formula is C17H21ClFN3O2. The number of nitrogens with zero attached hydrogens (tertiary/aromatic N) is 2. The van der Waals surface area contributed by atoms with Crippen molar-refractivity contribution >= 4 is 17.5 Å². The smallest absolute Gasteiger partial charge is 0.271 e. The maximum atomic E-state index is 12.3. The lowest BCUT2D eigenvalue weighted by Gasteiger charge is -2.07. The summed E-state index contributed by atoms with van der Waals surface area (Å²) in [6, 6.07) is 7.59. The van der Waals surface area contributed by atoms with Crippen LogP contribution in [0.4, 0.5) is 4.39 Å². The largest absolute Gasteiger partial charge is 0.374 e. The summed E-state index contributed by atoms with van der Waals surface area (Å²) in [5.74, 6) is -0.259. The first-order valence-corrected chi connectivity index (χ1v) is 8.15. The summed E-state index contributed by atoms with van der Waals surface area (Å²) < 4.78 is 18.6. The van der Waals surface area contributed by atoms with Gasteiger partial charge in [0, 0.05) is 13.6 Å². The summed E-state index contributed by atoms with van der Waals surface area (Å²) in [5.41, 5.74) is 2.99. The van der Waals surface area contributed by atoms with Gasteiger partial charge in [0.1, 0.15) is 12.4 Å². The van der Waals surface area contributed by atoms with Crippen molar-refractivity contribution in [2.24, 2.45) is 7.05 Å². The highest BCUT2D eigenvalue weighted by atomic mass is 35.5. The van der Waals surface area contributed by atoms with Crippen molar-refractivity contribution in [1.82, 2.24) is 15.1 Å². The van der Waals surface area contributed by atoms with E-state index >= 15 is 0 Å². The summed E-state index contributed by atoms with van der Waals surface area (Å²) in [7, 11) is 1.70. The van der Waals surface area contributed by atoms with E-state index in [0.29, 0.717) is 36.0 Å². The second-order valence-electron chi connectivity index (χ2n) is 5.33. The third-order valence-corrected chi connectivity index (χ3v) is 3.97. The van der Waals surface area contributed by atoms with Gasteiger partial charge in [0.15, 0.2) is 0 Å². The molecule has 1 heterocycles. The van der Waals surface area contributed by atoms with Crippen LogP contribution in [-0.2, 0) is 31.4 Å². The lowest BCUT2D eigenvalue weighted by atomic mass is 10.1. The van der Waals surface area contributed by atoms with Crippen molar-refractivity contribution in [2.75, 3.05) is 13.3 Å². The van der Waals surface area contributed by atoms with Crippen LogP contribution in [0.15, 0.2) is 24.3 Å². The summed E-state index contributed by atoms with van der Waals surface area (Å²) >= 11 is 6.20. The number of nitrogens with one attached hydrogen (secondary N) is 1. The van der Waals surface area contributed by atoms with Gasteiger partial charge in [-0.3, -0.25) is 9.48 Å². The molecule has 0 saturated carbocycles. The van der Waals surface area contributed by atoms with E-state index in [1.54, 1.807) is 7.05 Å². The van der Waals surface area contributed by atoms with Gasteiger partial charge in [0.2, 0.25) is 0 Å². The average molecular weight is 353 g/mol. The van der Waals surface area contributed by atoms with Crippen molar-refractivity contribution in [3.8, 4) is 0 Å². The fourth-order valence-electron chi connectivity index (χ4n) is 2.29. The number of hydrogen-bond donors (Lipinski definition) is 1. The van der Waals surface area contributed by atoms with E-state index in [1.807, 2.05) is 31.2 Å². The van der Waals surface area contributed by atoms with Crippen LogP contribution in [0.25, 0.3) is 0 Å². The van der Waals surface area contributed by atoms with Crippen LogP contribution in [-0.4, -0.2) is 29.0 Å². The molecule has 0 unspecified atom stereocenters. The number of rotatable bonds is 8. The third-order valence-electron chi connectivity index (χ3n) is 3.57. The Morgan fingerprint density at radius 2 is 2.00 bits per heavy atom. The molecule has 0 saturated heterocycles. The Balaban J connectivity index is 1.93. The number of aromatic nitrogens is 2. The molecule has 1 aromatic heterocycles. The lowest BCUT2D eigenvalue weighted by Crippen LogP contribution is -2.25. The van der Waals surface area contributed by atoms with Gasteiger partial charge in [-0.1, -0.05) is 42.8 Å². The van der Waals surface area contributed by atoms with Crippen LogP contribution in [0.3, 0.4) is 0 Å². The van der Waals surface area contributed by atoms with Gasteiger partial charge in [0.05, 0.1) is 23.9 Å². The molecule has 0 spiro atoms. The molecular weight excluding hydrogens is 332 g/mol. The molecule has 0 aliphatic heterocycles. The number of hydrogen-bond acceptors (Lipinski definition) is 3. The standard InChI is InChI=1S/C17H21ClFN3O2/c1-3-14-15(18)16(22(2)21-14)17(23)20-10-12-4-6-13(7-5-12)11-24-9-8-19/h4-7H,3,8-11H2,1-2H3,(H,20,23)/i19-1. The van der Waals surface area contributed by atoms with Gasteiger partial charge in [-0.15, -0.1) is 0 Å². The Labute approximate surface area is 145 Å². The predicted molar refractivity (Wildman–Crippen MR) is 90.8 cm³/mol. The van der Waals surface area contributed by atoms with Crippen molar-refractivity contribution in [3.63, 3.8) is 0 Å². The number of halogens is 2. The molecule has 1 aromatic carbocycles. The van der Waals surface area contributed by atoms with E-state index in [0.717, 1.165) is 11.1 Å². The first-order valence-electron chi connectivity index (χ1n) is 7.77. The first-order chi connectivity index (χ1) is 11.6. The molecule has 2 aromatic rings. The lowest BCUT2D eigenvalue weighted by molar-refractivity contribution is 0.0941. The molecule has 1 amide bonds. The second-order valence-corrected chi connectivity index (χ2v) is 5.71. The van der Waals surface area contributed by atoms with E-state index in [1.165, 1.54) is 4.68 Å². The zero-order valence-electron chi connectivity index (χ0n) is 13.8. The first kappa shape index (κ1) is 18.4. The van der Waals surface area contributed by atoms with Gasteiger partial charge in [-0.25, -0.2) is 4.39 Å². The van der Waals surface area contributed by atoms with Crippen LogP contribution in [0.5, 0.6) is 0 Å². The zero-order chi connectivity index (χ0) is 17.5. The second kappa shape index (κ2) is 8.80. The maximum Gasteiger partial charge on any atom is 0.271 e. The molecule has 7 heteroatoms. The highest BCUT2D eigenvalue weighted by Gasteiger charge is 2.19. The third kappa shape index (κ3) is 4.55. The summed E-state index contributed by atoms with van der Waals surface area (Å²) in [5, 5.41) is 7.48. The van der Waals surface area contributed by atoms with E-state index < -0.39 is 6.67 Å². The number of carbonyl (C=O) groups is 1. The Kier molecular flexibility index (Phi) is 6.75. The minimum atomic E-state index is -0.486. The van der Waals surface area contributed by atoms with Gasteiger partial charge in [-0.2, -0.15) is 5.10 Å². The minimum Gasteiger partial charge on any atom is -0.374 e. The average Bonchev–Trinajstić information content (AvgIpc) is 2.88. The van der Waals surface area contributed by atoms with Crippen LogP contribution in [0.2, 0.25) is 5.02 Å². The Hall–Kier alpha value is -1.92. The number of alkyl halides is 1. The van der Waals surface area contributed by atoms with Crippen LogP contribution >= 0.6 is 11.6 Å². The van der Waals surface area contributed by atoms with Gasteiger partial charge in [0.25, 0.3) is 5.91 Å². The van der Waals surface area contributed by atoms with Crippen LogP contribution in [0.1, 0.15) is 34.2 Å². The predicted octanol–water partition coefficient (Wildman–Crippen LogP) is 3.05. The number of ether oxygens (including phenoxy) is 1. The molecule has 0 fully saturated rings. The molecule has 0 radical (unpaired) electrons. The fraction of sp³-hybridized carbons (Fsp3) is 0.412. The van der Waals surface area contributed by atoms with Crippen LogP contribution in [0, 0.1) is 0 Å². The number of amides is 1. The molecule has 5 nitrogen and oxygen atoms in total. The monoisotopic (exact) mass is 352 g/mol. The van der Waals surface area contributed by atoms with E-state index in [4.69, 9.17) is 16.3 Å². The summed E-state index contributed by atoms with van der Waals surface area (Å²) in [6.45, 7) is 2.31. The Bertz CT molecular complexity index is 686. The molecule has 2 rings (SSSR count). The maximum absolute atomic E-state index is 12.3. The minimum absolute atomic E-state index is 0.100. The SMILES string of the molecule is CCc1nn(C)c(C(=O)NCc2ccc(COCC[18F])cc2)c1Cl. The Morgan fingerprint density at radius 1 is 1.33 bits per heavy atom. The van der Waals surface area contributed by atoms with E-state index in [9.17, 15) is 9.18 Å². The van der Waals surface area contributed by atoms with Gasteiger partial charge >= 0.3 is 0 Å². The number of carbonyl (C=O) groups excluding carboxylic acids is 1. The molecule has 130 valence electrons. The topological polar surface area (TPSA) is 56.2 Å². The van der Waals surface area contributed by atoms with Crippen molar-refractivity contribution in [2.45, 2.75) is 26.5 Å². The highest BCUT2D eigenvalue weighted by Crippen LogP contribution is 2.20. The summed E-state index contributed by atoms with van der Waals surface area (Å²) in [6.07, 6.45) is 0.673. The van der Waals surface area contributed by atoms with Crippen molar-refractivity contribution in [3.05, 3.63) is 51.8 Å². The number of aryl methyl sites for hydroxylation is 2. The van der Waals surface area contributed by atoms with Crippen molar-refractivity contribution in [1.29, 1.82) is 0 Å². The molecule has 1 N–H and O–H groups in total. The molecule has 24 heavy (non-hydrogen) atoms.